The van der Waals surface area contributed by atoms with Gasteiger partial charge in [-0.1, -0.05) is 37.3 Å². The first-order chi connectivity index (χ1) is 13.1. The Bertz CT molecular complexity index is 867. The van der Waals surface area contributed by atoms with Crippen molar-refractivity contribution in [2.75, 3.05) is 19.0 Å². The monoisotopic (exact) mass is 387 g/mol. The number of hydrogen-bond donors (Lipinski definition) is 1. The molecule has 142 valence electrons. The lowest BCUT2D eigenvalue weighted by Crippen LogP contribution is -2.35. The second-order valence-corrected chi connectivity index (χ2v) is 7.71. The Labute approximate surface area is 160 Å². The minimum Gasteiger partial charge on any atom is -0.493 e. The van der Waals surface area contributed by atoms with E-state index in [-0.39, 0.29) is 17.5 Å². The minimum atomic E-state index is -1.28. The Morgan fingerprint density at radius 3 is 2.74 bits per heavy atom. The predicted molar refractivity (Wildman–Crippen MR) is 101 cm³/mol. The number of para-hydroxylation sites is 1. The molecule has 27 heavy (non-hydrogen) atoms. The maximum atomic E-state index is 12.3. The Balaban J connectivity index is 1.61. The average molecular weight is 387 g/mol. The smallest absolute Gasteiger partial charge is 0.339 e. The highest BCUT2D eigenvalue weighted by atomic mass is 32.2. The molecule has 1 heterocycles. The van der Waals surface area contributed by atoms with Crippen molar-refractivity contribution in [3.8, 4) is 5.75 Å². The van der Waals surface area contributed by atoms with Crippen molar-refractivity contribution < 1.29 is 23.3 Å². The van der Waals surface area contributed by atoms with E-state index in [0.717, 1.165) is 11.3 Å². The Kier molecular flexibility index (Phi) is 6.24. The molecule has 0 radical (unpaired) electrons. The number of carbonyl (C=O) groups excluding carboxylic acids is 2. The summed E-state index contributed by atoms with van der Waals surface area (Å²) in [6.07, 6.45) is 0.648. The van der Waals surface area contributed by atoms with Gasteiger partial charge in [-0.2, -0.15) is 0 Å². The lowest BCUT2D eigenvalue weighted by atomic mass is 10.0. The molecule has 0 bridgehead atoms. The third-order valence-electron chi connectivity index (χ3n) is 4.24. The van der Waals surface area contributed by atoms with Gasteiger partial charge in [0.1, 0.15) is 5.75 Å². The Hall–Kier alpha value is -2.67. The molecule has 6 nitrogen and oxygen atoms in total. The molecule has 0 saturated heterocycles. The second kappa shape index (κ2) is 8.81. The summed E-state index contributed by atoms with van der Waals surface area (Å²) in [5.74, 6) is 0.101. The molecule has 7 heteroatoms. The summed E-state index contributed by atoms with van der Waals surface area (Å²) in [4.78, 5) is 25.0. The van der Waals surface area contributed by atoms with Crippen LogP contribution in [0.25, 0.3) is 0 Å². The maximum Gasteiger partial charge on any atom is 0.339 e. The van der Waals surface area contributed by atoms with Crippen LogP contribution in [-0.4, -0.2) is 35.1 Å². The third kappa shape index (κ3) is 4.54. The summed E-state index contributed by atoms with van der Waals surface area (Å²) in [6.45, 7) is 1.89. The van der Waals surface area contributed by atoms with E-state index in [9.17, 15) is 13.8 Å². The van der Waals surface area contributed by atoms with Gasteiger partial charge in [-0.05, 0) is 18.2 Å². The van der Waals surface area contributed by atoms with Gasteiger partial charge >= 0.3 is 5.97 Å². The van der Waals surface area contributed by atoms with Crippen LogP contribution in [0.2, 0.25) is 0 Å². The lowest BCUT2D eigenvalue weighted by Gasteiger charge is -2.26. The number of benzene rings is 2. The zero-order valence-electron chi connectivity index (χ0n) is 15.0. The molecule has 2 aromatic carbocycles. The van der Waals surface area contributed by atoms with Gasteiger partial charge in [0.15, 0.2) is 6.61 Å². The SMILES string of the molecule is CCS(=O)c1ccccc1C(=O)OCC(=O)NC1CCOc2ccccc21. The summed E-state index contributed by atoms with van der Waals surface area (Å²) in [6, 6.07) is 13.9. The van der Waals surface area contributed by atoms with Crippen molar-refractivity contribution >= 4 is 22.7 Å². The fourth-order valence-electron chi connectivity index (χ4n) is 2.93. The highest BCUT2D eigenvalue weighted by Crippen LogP contribution is 2.31. The van der Waals surface area contributed by atoms with E-state index in [1.165, 1.54) is 0 Å². The van der Waals surface area contributed by atoms with Crippen molar-refractivity contribution in [3.63, 3.8) is 0 Å². The van der Waals surface area contributed by atoms with Gasteiger partial charge in [0, 0.05) is 17.7 Å². The molecule has 0 spiro atoms. The summed E-state index contributed by atoms with van der Waals surface area (Å²) in [7, 11) is -1.28. The van der Waals surface area contributed by atoms with Crippen LogP contribution in [0.15, 0.2) is 53.4 Å². The fourth-order valence-corrected chi connectivity index (χ4v) is 3.86. The topological polar surface area (TPSA) is 81.7 Å². The zero-order chi connectivity index (χ0) is 19.2. The number of amides is 1. The third-order valence-corrected chi connectivity index (χ3v) is 5.61. The van der Waals surface area contributed by atoms with Crippen LogP contribution < -0.4 is 10.1 Å². The first-order valence-corrected chi connectivity index (χ1v) is 10.1. The van der Waals surface area contributed by atoms with Crippen LogP contribution in [0.1, 0.15) is 35.3 Å². The largest absolute Gasteiger partial charge is 0.493 e. The van der Waals surface area contributed by atoms with Crippen molar-refractivity contribution in [1.29, 1.82) is 0 Å². The molecule has 0 aromatic heterocycles. The van der Waals surface area contributed by atoms with E-state index in [4.69, 9.17) is 9.47 Å². The molecule has 1 amide bonds. The van der Waals surface area contributed by atoms with Gasteiger partial charge in [0.25, 0.3) is 5.91 Å². The van der Waals surface area contributed by atoms with E-state index in [2.05, 4.69) is 5.32 Å². The number of rotatable bonds is 6. The van der Waals surface area contributed by atoms with Gasteiger partial charge in [-0.15, -0.1) is 0 Å². The maximum absolute atomic E-state index is 12.3. The highest BCUT2D eigenvalue weighted by molar-refractivity contribution is 7.85. The van der Waals surface area contributed by atoms with Gasteiger partial charge in [-0.3, -0.25) is 9.00 Å². The van der Waals surface area contributed by atoms with Gasteiger partial charge in [-0.25, -0.2) is 4.79 Å². The van der Waals surface area contributed by atoms with Crippen LogP contribution in [0.5, 0.6) is 5.75 Å². The van der Waals surface area contributed by atoms with E-state index in [1.54, 1.807) is 31.2 Å². The van der Waals surface area contributed by atoms with Crippen LogP contribution in [0, 0.1) is 0 Å². The molecule has 3 rings (SSSR count). The first kappa shape index (κ1) is 19.1. The second-order valence-electron chi connectivity index (χ2n) is 6.00. The number of carbonyl (C=O) groups is 2. The number of nitrogens with one attached hydrogen (secondary N) is 1. The summed E-state index contributed by atoms with van der Waals surface area (Å²) in [5, 5.41) is 2.87. The van der Waals surface area contributed by atoms with Crippen LogP contribution in [0.3, 0.4) is 0 Å². The molecular formula is C20H21NO5S. The highest BCUT2D eigenvalue weighted by Gasteiger charge is 2.23. The van der Waals surface area contributed by atoms with Crippen molar-refractivity contribution in [1.82, 2.24) is 5.32 Å². The lowest BCUT2D eigenvalue weighted by molar-refractivity contribution is -0.125. The standard InChI is InChI=1S/C20H21NO5S/c1-2-27(24)18-10-6-4-8-15(18)20(23)26-13-19(22)21-16-11-12-25-17-9-5-3-7-14(16)17/h3-10,16H,2,11-13H2,1H3,(H,21,22). The van der Waals surface area contributed by atoms with Crippen molar-refractivity contribution in [2.24, 2.45) is 0 Å². The molecule has 0 saturated carbocycles. The molecular weight excluding hydrogens is 366 g/mol. The number of ether oxygens (including phenoxy) is 2. The van der Waals surface area contributed by atoms with E-state index in [0.29, 0.717) is 23.7 Å². The molecule has 1 aliphatic heterocycles. The van der Waals surface area contributed by atoms with Crippen LogP contribution in [0.4, 0.5) is 0 Å². The number of hydrogen-bond acceptors (Lipinski definition) is 5. The fraction of sp³-hybridized carbons (Fsp3) is 0.300. The van der Waals surface area contributed by atoms with E-state index in [1.807, 2.05) is 24.3 Å². The van der Waals surface area contributed by atoms with Gasteiger partial charge < -0.3 is 14.8 Å². The van der Waals surface area contributed by atoms with Crippen LogP contribution in [-0.2, 0) is 20.3 Å². The zero-order valence-corrected chi connectivity index (χ0v) is 15.8. The minimum absolute atomic E-state index is 0.180. The van der Waals surface area contributed by atoms with Crippen molar-refractivity contribution in [2.45, 2.75) is 24.3 Å². The van der Waals surface area contributed by atoms with E-state index < -0.39 is 23.4 Å². The Morgan fingerprint density at radius 2 is 1.93 bits per heavy atom. The summed E-state index contributed by atoms with van der Waals surface area (Å²) >= 11 is 0. The quantitative estimate of drug-likeness (QED) is 0.771. The Morgan fingerprint density at radius 1 is 1.19 bits per heavy atom. The predicted octanol–water partition coefficient (Wildman–Crippen LogP) is 2.61. The molecule has 2 atom stereocenters. The van der Waals surface area contributed by atoms with Crippen LogP contribution >= 0.6 is 0 Å². The summed E-state index contributed by atoms with van der Waals surface area (Å²) < 4.78 is 22.8. The number of fused-ring (bicyclic) bond motifs is 1. The molecule has 0 fully saturated rings. The van der Waals surface area contributed by atoms with Gasteiger partial charge in [0.05, 0.1) is 33.9 Å². The normalized spacial score (nSPS) is 16.6. The molecule has 0 aliphatic carbocycles. The summed E-state index contributed by atoms with van der Waals surface area (Å²) in [5.41, 5.74) is 1.13. The van der Waals surface area contributed by atoms with Gasteiger partial charge in [0.2, 0.25) is 0 Å². The van der Waals surface area contributed by atoms with E-state index >= 15 is 0 Å². The average Bonchev–Trinajstić information content (AvgIpc) is 2.71. The number of esters is 1. The molecule has 1 aliphatic rings. The first-order valence-electron chi connectivity index (χ1n) is 8.75. The molecule has 1 N–H and O–H groups in total. The van der Waals surface area contributed by atoms with Crippen molar-refractivity contribution in [3.05, 3.63) is 59.7 Å². The molecule has 2 unspecified atom stereocenters. The molecule has 2 aromatic rings.